The molecule has 1 N–H and O–H groups in total. The molecule has 0 atom stereocenters. The molecule has 1 fully saturated rings. The molecule has 4 rings (SSSR count). The highest BCUT2D eigenvalue weighted by molar-refractivity contribution is 6.04. The van der Waals surface area contributed by atoms with Gasteiger partial charge in [0.25, 0.3) is 11.8 Å². The van der Waals surface area contributed by atoms with Gasteiger partial charge in [0.15, 0.2) is 0 Å². The van der Waals surface area contributed by atoms with Crippen LogP contribution in [0.15, 0.2) is 54.6 Å². The third-order valence-corrected chi connectivity index (χ3v) is 5.20. The highest BCUT2D eigenvalue weighted by Crippen LogP contribution is 2.19. The van der Waals surface area contributed by atoms with E-state index in [0.717, 1.165) is 5.69 Å². The standard InChI is InChI=1S/C23H18F4N4O2/c24-14-4-6-16(7-5-14)30-8-10-31(11-9-30)23(33)19-2-1-3-20(28-19)29-22(32)21-17(26)12-15(25)13-18(21)27/h1-7,12-13H,8-11H2,(H,28,29,32). The third-order valence-electron chi connectivity index (χ3n) is 5.20. The van der Waals surface area contributed by atoms with Gasteiger partial charge >= 0.3 is 0 Å². The van der Waals surface area contributed by atoms with E-state index in [4.69, 9.17) is 0 Å². The Kier molecular flexibility index (Phi) is 6.25. The predicted molar refractivity (Wildman–Crippen MR) is 113 cm³/mol. The molecule has 1 aromatic heterocycles. The number of aromatic nitrogens is 1. The maximum absolute atomic E-state index is 13.8. The van der Waals surface area contributed by atoms with Crippen LogP contribution in [-0.2, 0) is 0 Å². The highest BCUT2D eigenvalue weighted by atomic mass is 19.1. The lowest BCUT2D eigenvalue weighted by atomic mass is 10.1. The topological polar surface area (TPSA) is 65.5 Å². The number of amides is 2. The number of rotatable bonds is 4. The lowest BCUT2D eigenvalue weighted by Crippen LogP contribution is -2.49. The minimum atomic E-state index is -1.35. The molecule has 33 heavy (non-hydrogen) atoms. The molecular formula is C23H18F4N4O2. The van der Waals surface area contributed by atoms with Crippen LogP contribution in [0, 0.1) is 23.3 Å². The van der Waals surface area contributed by atoms with Crippen molar-refractivity contribution < 1.29 is 27.2 Å². The molecule has 0 saturated carbocycles. The summed E-state index contributed by atoms with van der Waals surface area (Å²) in [5.41, 5.74) is -0.0541. The van der Waals surface area contributed by atoms with Gasteiger partial charge in [0, 0.05) is 44.0 Å². The number of nitrogens with one attached hydrogen (secondary N) is 1. The van der Waals surface area contributed by atoms with Crippen LogP contribution >= 0.6 is 0 Å². The maximum Gasteiger partial charge on any atom is 0.272 e. The SMILES string of the molecule is O=C(Nc1cccc(C(=O)N2CCN(c3ccc(F)cc3)CC2)n1)c1c(F)cc(F)cc1F. The summed E-state index contributed by atoms with van der Waals surface area (Å²) in [5.74, 6) is -5.78. The van der Waals surface area contributed by atoms with Gasteiger partial charge in [0.05, 0.1) is 0 Å². The van der Waals surface area contributed by atoms with Crippen LogP contribution in [-0.4, -0.2) is 47.9 Å². The zero-order valence-electron chi connectivity index (χ0n) is 17.2. The van der Waals surface area contributed by atoms with Gasteiger partial charge in [-0.1, -0.05) is 6.07 Å². The van der Waals surface area contributed by atoms with Crippen LogP contribution in [0.4, 0.5) is 29.1 Å². The van der Waals surface area contributed by atoms with Crippen LogP contribution in [0.5, 0.6) is 0 Å². The summed E-state index contributed by atoms with van der Waals surface area (Å²) < 4.78 is 53.9. The molecule has 3 aromatic rings. The van der Waals surface area contributed by atoms with Crippen molar-refractivity contribution in [3.05, 3.63) is 89.1 Å². The van der Waals surface area contributed by atoms with E-state index in [-0.39, 0.29) is 23.2 Å². The molecular weight excluding hydrogens is 440 g/mol. The van der Waals surface area contributed by atoms with Crippen molar-refractivity contribution in [3.8, 4) is 0 Å². The second-order valence-electron chi connectivity index (χ2n) is 7.36. The molecule has 0 aliphatic carbocycles. The van der Waals surface area contributed by atoms with E-state index in [1.54, 1.807) is 17.0 Å². The number of hydrogen-bond acceptors (Lipinski definition) is 4. The third kappa shape index (κ3) is 4.94. The number of nitrogens with zero attached hydrogens (tertiary/aromatic N) is 3. The Morgan fingerprint density at radius 3 is 2.09 bits per heavy atom. The Hall–Kier alpha value is -3.95. The van der Waals surface area contributed by atoms with Gasteiger partial charge < -0.3 is 15.1 Å². The molecule has 1 saturated heterocycles. The van der Waals surface area contributed by atoms with Crippen molar-refractivity contribution in [2.45, 2.75) is 0 Å². The average Bonchev–Trinajstić information content (AvgIpc) is 2.79. The predicted octanol–water partition coefficient (Wildman–Crippen LogP) is 3.85. The molecule has 0 bridgehead atoms. The van der Waals surface area contributed by atoms with Gasteiger partial charge in [0.1, 0.15) is 40.3 Å². The van der Waals surface area contributed by atoms with E-state index in [1.165, 1.54) is 30.3 Å². The summed E-state index contributed by atoms with van der Waals surface area (Å²) in [4.78, 5) is 32.8. The van der Waals surface area contributed by atoms with Crippen LogP contribution in [0.3, 0.4) is 0 Å². The highest BCUT2D eigenvalue weighted by Gasteiger charge is 2.24. The van der Waals surface area contributed by atoms with Crippen molar-refractivity contribution in [1.29, 1.82) is 0 Å². The molecule has 170 valence electrons. The fourth-order valence-corrected chi connectivity index (χ4v) is 3.54. The van der Waals surface area contributed by atoms with Crippen LogP contribution in [0.25, 0.3) is 0 Å². The average molecular weight is 458 g/mol. The van der Waals surface area contributed by atoms with E-state index in [2.05, 4.69) is 10.3 Å². The fraction of sp³-hybridized carbons (Fsp3) is 0.174. The maximum atomic E-state index is 13.8. The first-order chi connectivity index (χ1) is 15.8. The molecule has 6 nitrogen and oxygen atoms in total. The first kappa shape index (κ1) is 22.3. The van der Waals surface area contributed by atoms with Gasteiger partial charge in [-0.2, -0.15) is 0 Å². The first-order valence-corrected chi connectivity index (χ1v) is 10.0. The molecule has 2 amide bonds. The minimum Gasteiger partial charge on any atom is -0.368 e. The summed E-state index contributed by atoms with van der Waals surface area (Å²) in [6, 6.07) is 11.2. The quantitative estimate of drug-likeness (QED) is 0.604. The number of pyridine rings is 1. The molecule has 0 spiro atoms. The number of halogens is 4. The molecule has 0 radical (unpaired) electrons. The zero-order valence-corrected chi connectivity index (χ0v) is 17.2. The van der Waals surface area contributed by atoms with E-state index in [9.17, 15) is 27.2 Å². The molecule has 1 aliphatic heterocycles. The van der Waals surface area contributed by atoms with Crippen molar-refractivity contribution in [1.82, 2.24) is 9.88 Å². The smallest absolute Gasteiger partial charge is 0.272 e. The Morgan fingerprint density at radius 1 is 0.818 bits per heavy atom. The lowest BCUT2D eigenvalue weighted by Gasteiger charge is -2.36. The van der Waals surface area contributed by atoms with Crippen molar-refractivity contribution >= 4 is 23.3 Å². The number of carbonyl (C=O) groups is 2. The van der Waals surface area contributed by atoms with Gasteiger partial charge in [0.2, 0.25) is 0 Å². The van der Waals surface area contributed by atoms with Gasteiger partial charge in [-0.25, -0.2) is 22.5 Å². The van der Waals surface area contributed by atoms with E-state index < -0.39 is 28.9 Å². The number of hydrogen-bond donors (Lipinski definition) is 1. The zero-order chi connectivity index (χ0) is 23.5. The lowest BCUT2D eigenvalue weighted by molar-refractivity contribution is 0.0740. The number of carbonyl (C=O) groups excluding carboxylic acids is 2. The van der Waals surface area contributed by atoms with Crippen LogP contribution in [0.1, 0.15) is 20.8 Å². The Morgan fingerprint density at radius 2 is 1.45 bits per heavy atom. The normalized spacial score (nSPS) is 13.7. The van der Waals surface area contributed by atoms with Crippen LogP contribution in [0.2, 0.25) is 0 Å². The van der Waals surface area contributed by atoms with Crippen LogP contribution < -0.4 is 10.2 Å². The summed E-state index contributed by atoms with van der Waals surface area (Å²) in [6.07, 6.45) is 0. The van der Waals surface area contributed by atoms with Crippen molar-refractivity contribution in [2.24, 2.45) is 0 Å². The van der Waals surface area contributed by atoms with E-state index in [0.29, 0.717) is 38.3 Å². The molecule has 2 heterocycles. The van der Waals surface area contributed by atoms with Crippen molar-refractivity contribution in [3.63, 3.8) is 0 Å². The number of piperazine rings is 1. The monoisotopic (exact) mass is 458 g/mol. The van der Waals surface area contributed by atoms with Gasteiger partial charge in [-0.05, 0) is 36.4 Å². The second kappa shape index (κ2) is 9.27. The van der Waals surface area contributed by atoms with E-state index in [1.807, 2.05) is 4.90 Å². The largest absolute Gasteiger partial charge is 0.368 e. The van der Waals surface area contributed by atoms with E-state index >= 15 is 0 Å². The second-order valence-corrected chi connectivity index (χ2v) is 7.36. The molecule has 10 heteroatoms. The number of benzene rings is 2. The minimum absolute atomic E-state index is 0.0445. The molecule has 1 aliphatic rings. The summed E-state index contributed by atoms with van der Waals surface area (Å²) in [7, 11) is 0. The summed E-state index contributed by atoms with van der Waals surface area (Å²) in [6.45, 7) is 1.88. The Balaban J connectivity index is 1.42. The number of anilines is 2. The van der Waals surface area contributed by atoms with Crippen molar-refractivity contribution in [2.75, 3.05) is 36.4 Å². The van der Waals surface area contributed by atoms with Gasteiger partial charge in [-0.3, -0.25) is 9.59 Å². The molecule has 0 unspecified atom stereocenters. The fourth-order valence-electron chi connectivity index (χ4n) is 3.54. The Bertz CT molecular complexity index is 1170. The molecule has 2 aromatic carbocycles. The summed E-state index contributed by atoms with van der Waals surface area (Å²) >= 11 is 0. The Labute approximate surface area is 186 Å². The van der Waals surface area contributed by atoms with Gasteiger partial charge in [-0.15, -0.1) is 0 Å². The first-order valence-electron chi connectivity index (χ1n) is 10.0. The summed E-state index contributed by atoms with van der Waals surface area (Å²) in [5, 5.41) is 2.23.